The van der Waals surface area contributed by atoms with E-state index in [4.69, 9.17) is 0 Å². The molecule has 0 fully saturated rings. The molecule has 7 rings (SSSR count). The molecule has 0 saturated carbocycles. The van der Waals surface area contributed by atoms with Crippen molar-refractivity contribution in [3.63, 3.8) is 0 Å². The van der Waals surface area contributed by atoms with Gasteiger partial charge in [0.25, 0.3) is 0 Å². The Bertz CT molecular complexity index is 1390. The predicted octanol–water partition coefficient (Wildman–Crippen LogP) is 6.92. The van der Waals surface area contributed by atoms with E-state index in [9.17, 15) is 4.79 Å². The first-order chi connectivity index (χ1) is 15.4. The first kappa shape index (κ1) is 17.3. The Morgan fingerprint density at radius 1 is 0.677 bits per heavy atom. The fraction of sp³-hybridized carbons (Fsp3) is 0.167. The van der Waals surface area contributed by atoms with Crippen molar-refractivity contribution in [2.45, 2.75) is 31.6 Å². The van der Waals surface area contributed by atoms with Gasteiger partial charge in [0, 0.05) is 12.3 Å². The minimum absolute atomic E-state index is 0.297. The summed E-state index contributed by atoms with van der Waals surface area (Å²) in [5.74, 6) is 0.297. The Balaban J connectivity index is 1.63. The molecule has 1 unspecified atom stereocenters. The lowest BCUT2D eigenvalue weighted by Crippen LogP contribution is -2.02. The molecule has 4 aromatic carbocycles. The van der Waals surface area contributed by atoms with E-state index in [1.54, 1.807) is 0 Å². The highest BCUT2D eigenvalue weighted by atomic mass is 16.1. The Kier molecular flexibility index (Phi) is 3.49. The standard InChI is InChI=1S/C30H22O/c31-15-7-14-24-22-12-5-6-13-23(22)29-26-16-18-8-1-3-10-20(18)27(26)25-17-19-9-2-4-11-21(19)28(25)30(24)29/h1-6,8-13,15,24H,7,14,16-17H2. The molecule has 1 nitrogen and oxygen atoms in total. The number of hydrogen-bond donors (Lipinski definition) is 0. The zero-order chi connectivity index (χ0) is 20.5. The van der Waals surface area contributed by atoms with E-state index in [1.165, 1.54) is 66.8 Å². The fourth-order valence-corrected chi connectivity index (χ4v) is 6.46. The third kappa shape index (κ3) is 2.19. The molecular formula is C30H22O. The van der Waals surface area contributed by atoms with Crippen LogP contribution < -0.4 is 0 Å². The number of rotatable bonds is 3. The van der Waals surface area contributed by atoms with Crippen LogP contribution in [0.25, 0.3) is 33.4 Å². The summed E-state index contributed by atoms with van der Waals surface area (Å²) < 4.78 is 0. The van der Waals surface area contributed by atoms with Crippen LogP contribution in [0.15, 0.2) is 72.8 Å². The van der Waals surface area contributed by atoms with Crippen molar-refractivity contribution < 1.29 is 4.79 Å². The van der Waals surface area contributed by atoms with Gasteiger partial charge in [0.2, 0.25) is 0 Å². The second-order valence-electron chi connectivity index (χ2n) is 9.05. The lowest BCUT2D eigenvalue weighted by molar-refractivity contribution is -0.107. The van der Waals surface area contributed by atoms with Crippen LogP contribution in [0.2, 0.25) is 0 Å². The maximum Gasteiger partial charge on any atom is 0.120 e. The number of hydrogen-bond acceptors (Lipinski definition) is 1. The van der Waals surface area contributed by atoms with Crippen molar-refractivity contribution in [1.29, 1.82) is 0 Å². The van der Waals surface area contributed by atoms with E-state index in [-0.39, 0.29) is 0 Å². The molecule has 0 heterocycles. The van der Waals surface area contributed by atoms with Gasteiger partial charge in [-0.25, -0.2) is 0 Å². The van der Waals surface area contributed by atoms with Gasteiger partial charge in [-0.15, -0.1) is 0 Å². The molecule has 0 spiro atoms. The molecule has 31 heavy (non-hydrogen) atoms. The topological polar surface area (TPSA) is 17.1 Å². The molecule has 0 N–H and O–H groups in total. The first-order valence-electron chi connectivity index (χ1n) is 11.3. The number of carbonyl (C=O) groups excluding carboxylic acids is 1. The monoisotopic (exact) mass is 398 g/mol. The van der Waals surface area contributed by atoms with Crippen LogP contribution in [-0.2, 0) is 17.6 Å². The molecule has 0 aromatic heterocycles. The molecular weight excluding hydrogens is 376 g/mol. The van der Waals surface area contributed by atoms with E-state index in [0.29, 0.717) is 12.3 Å². The van der Waals surface area contributed by atoms with Gasteiger partial charge in [-0.2, -0.15) is 0 Å². The largest absolute Gasteiger partial charge is 0.303 e. The fourth-order valence-electron chi connectivity index (χ4n) is 6.46. The third-order valence-corrected chi connectivity index (χ3v) is 7.58. The summed E-state index contributed by atoms with van der Waals surface area (Å²) in [6.07, 6.45) is 4.58. The van der Waals surface area contributed by atoms with E-state index in [1.807, 2.05) is 0 Å². The van der Waals surface area contributed by atoms with Crippen molar-refractivity contribution in [3.8, 4) is 33.4 Å². The summed E-state index contributed by atoms with van der Waals surface area (Å²) in [5.41, 5.74) is 17.3. The third-order valence-electron chi connectivity index (χ3n) is 7.58. The lowest BCUT2D eigenvalue weighted by Gasteiger charge is -2.20. The van der Waals surface area contributed by atoms with Crippen molar-refractivity contribution >= 4 is 6.29 Å². The van der Waals surface area contributed by atoms with Gasteiger partial charge in [-0.05, 0) is 86.0 Å². The van der Waals surface area contributed by atoms with Gasteiger partial charge in [0.1, 0.15) is 6.29 Å². The van der Waals surface area contributed by atoms with Crippen molar-refractivity contribution in [2.75, 3.05) is 0 Å². The van der Waals surface area contributed by atoms with Gasteiger partial charge in [-0.1, -0.05) is 72.8 Å². The van der Waals surface area contributed by atoms with Crippen molar-refractivity contribution in [1.82, 2.24) is 0 Å². The van der Waals surface area contributed by atoms with Crippen LogP contribution in [0.3, 0.4) is 0 Å². The van der Waals surface area contributed by atoms with Crippen LogP contribution in [0.4, 0.5) is 0 Å². The molecule has 1 heteroatoms. The molecule has 3 aliphatic rings. The maximum absolute atomic E-state index is 11.4. The summed E-state index contributed by atoms with van der Waals surface area (Å²) in [5, 5.41) is 0. The van der Waals surface area contributed by atoms with Crippen molar-refractivity contribution in [3.05, 3.63) is 106 Å². The van der Waals surface area contributed by atoms with Crippen molar-refractivity contribution in [2.24, 2.45) is 0 Å². The highest BCUT2D eigenvalue weighted by molar-refractivity contribution is 6.01. The zero-order valence-corrected chi connectivity index (χ0v) is 17.3. The Morgan fingerprint density at radius 3 is 1.90 bits per heavy atom. The highest BCUT2D eigenvalue weighted by Crippen LogP contribution is 2.60. The molecule has 4 aromatic rings. The second kappa shape index (κ2) is 6.28. The molecule has 0 aliphatic heterocycles. The van der Waals surface area contributed by atoms with Gasteiger partial charge >= 0.3 is 0 Å². The molecule has 3 aliphatic carbocycles. The normalized spacial score (nSPS) is 16.2. The summed E-state index contributed by atoms with van der Waals surface area (Å²) in [6, 6.07) is 26.8. The molecule has 0 bridgehead atoms. The average Bonchev–Trinajstić information content (AvgIpc) is 3.47. The molecule has 1 atom stereocenters. The summed E-state index contributed by atoms with van der Waals surface area (Å²) in [7, 11) is 0. The van der Waals surface area contributed by atoms with Gasteiger partial charge < -0.3 is 4.79 Å². The Labute approximate surface area is 182 Å². The molecule has 0 amide bonds. The minimum atomic E-state index is 0.297. The van der Waals surface area contributed by atoms with E-state index in [2.05, 4.69) is 72.8 Å². The quantitative estimate of drug-likeness (QED) is 0.296. The molecule has 148 valence electrons. The minimum Gasteiger partial charge on any atom is -0.303 e. The Morgan fingerprint density at radius 2 is 1.23 bits per heavy atom. The van der Waals surface area contributed by atoms with Crippen LogP contribution >= 0.6 is 0 Å². The summed E-state index contributed by atoms with van der Waals surface area (Å²) in [4.78, 5) is 11.4. The van der Waals surface area contributed by atoms with E-state index >= 15 is 0 Å². The van der Waals surface area contributed by atoms with Gasteiger partial charge in [0.05, 0.1) is 0 Å². The van der Waals surface area contributed by atoms with Gasteiger partial charge in [0.15, 0.2) is 0 Å². The predicted molar refractivity (Wildman–Crippen MR) is 126 cm³/mol. The van der Waals surface area contributed by atoms with Crippen LogP contribution in [0.5, 0.6) is 0 Å². The second-order valence-corrected chi connectivity index (χ2v) is 9.05. The molecule has 0 radical (unpaired) electrons. The first-order valence-corrected chi connectivity index (χ1v) is 11.3. The highest BCUT2D eigenvalue weighted by Gasteiger charge is 2.40. The van der Waals surface area contributed by atoms with Crippen LogP contribution in [-0.4, -0.2) is 6.29 Å². The maximum atomic E-state index is 11.4. The summed E-state index contributed by atoms with van der Waals surface area (Å²) in [6.45, 7) is 0. The molecule has 0 saturated heterocycles. The van der Waals surface area contributed by atoms with E-state index in [0.717, 1.165) is 25.5 Å². The smallest absolute Gasteiger partial charge is 0.120 e. The SMILES string of the molecule is O=CCCC1c2ccccc2-c2c3c(c4c(c21)-c1ccccc1C4)-c1ccccc1C3. The van der Waals surface area contributed by atoms with E-state index < -0.39 is 0 Å². The zero-order valence-electron chi connectivity index (χ0n) is 17.3. The van der Waals surface area contributed by atoms with Crippen LogP contribution in [0.1, 0.15) is 52.1 Å². The number of carbonyl (C=O) groups is 1. The number of benzene rings is 4. The van der Waals surface area contributed by atoms with Crippen LogP contribution in [0, 0.1) is 0 Å². The van der Waals surface area contributed by atoms with Gasteiger partial charge in [-0.3, -0.25) is 0 Å². The Hall–Kier alpha value is -3.45. The average molecular weight is 399 g/mol. The number of fused-ring (bicyclic) bond motifs is 12. The lowest BCUT2D eigenvalue weighted by atomic mass is 9.82. The number of aldehydes is 1. The summed E-state index contributed by atoms with van der Waals surface area (Å²) >= 11 is 0.